The zero-order chi connectivity index (χ0) is 21.5. The van der Waals surface area contributed by atoms with Crippen LogP contribution in [-0.4, -0.2) is 34.8 Å². The summed E-state index contributed by atoms with van der Waals surface area (Å²) in [5.41, 5.74) is 1.71. The molecule has 8 heteroatoms. The van der Waals surface area contributed by atoms with Crippen molar-refractivity contribution in [2.75, 3.05) is 7.11 Å². The standard InChI is InChI=1S/C22H20ClN3O4/c1-30-22(29)19(13-15-5-3-2-4-6-15)24-20(27)14-26-21(28)12-11-18(25-26)16-7-9-17(23)10-8-16/h2-12,19H,13-14H2,1H3,(H,24,27). The van der Waals surface area contributed by atoms with Gasteiger partial charge in [-0.2, -0.15) is 5.10 Å². The number of aromatic nitrogens is 2. The maximum Gasteiger partial charge on any atom is 0.328 e. The average molecular weight is 426 g/mol. The quantitative estimate of drug-likeness (QED) is 0.587. The number of benzene rings is 2. The molecule has 0 aliphatic heterocycles. The van der Waals surface area contributed by atoms with E-state index < -0.39 is 23.5 Å². The molecule has 1 atom stereocenters. The number of halogens is 1. The number of carbonyl (C=O) groups excluding carboxylic acids is 2. The number of esters is 1. The largest absolute Gasteiger partial charge is 0.467 e. The number of hydrogen-bond acceptors (Lipinski definition) is 5. The van der Waals surface area contributed by atoms with E-state index in [-0.39, 0.29) is 13.0 Å². The fourth-order valence-electron chi connectivity index (χ4n) is 2.90. The van der Waals surface area contributed by atoms with Crippen LogP contribution in [0.1, 0.15) is 5.56 Å². The lowest BCUT2D eigenvalue weighted by atomic mass is 10.1. The van der Waals surface area contributed by atoms with Crippen LogP contribution in [0.25, 0.3) is 11.3 Å². The average Bonchev–Trinajstić information content (AvgIpc) is 2.75. The molecule has 0 aliphatic rings. The Morgan fingerprint density at radius 1 is 1.07 bits per heavy atom. The van der Waals surface area contributed by atoms with Gasteiger partial charge in [0, 0.05) is 23.1 Å². The van der Waals surface area contributed by atoms with Gasteiger partial charge in [0.05, 0.1) is 12.8 Å². The normalized spacial score (nSPS) is 11.5. The van der Waals surface area contributed by atoms with Crippen molar-refractivity contribution in [1.29, 1.82) is 0 Å². The molecule has 2 aromatic carbocycles. The summed E-state index contributed by atoms with van der Waals surface area (Å²) < 4.78 is 5.85. The summed E-state index contributed by atoms with van der Waals surface area (Å²) in [5.74, 6) is -1.09. The number of carbonyl (C=O) groups is 2. The van der Waals surface area contributed by atoms with Crippen molar-refractivity contribution in [3.05, 3.63) is 87.7 Å². The Bertz CT molecular complexity index is 1080. The van der Waals surface area contributed by atoms with Crippen LogP contribution in [0.15, 0.2) is 71.5 Å². The van der Waals surface area contributed by atoms with E-state index >= 15 is 0 Å². The molecule has 1 amide bonds. The molecule has 7 nitrogen and oxygen atoms in total. The number of nitrogens with zero attached hydrogens (tertiary/aromatic N) is 2. The first-order valence-electron chi connectivity index (χ1n) is 9.21. The lowest BCUT2D eigenvalue weighted by Crippen LogP contribution is -2.45. The molecule has 3 aromatic rings. The minimum atomic E-state index is -0.875. The van der Waals surface area contributed by atoms with E-state index in [9.17, 15) is 14.4 Å². The molecule has 0 saturated heterocycles. The summed E-state index contributed by atoms with van der Waals surface area (Å²) in [5, 5.41) is 7.46. The van der Waals surface area contributed by atoms with E-state index in [4.69, 9.17) is 16.3 Å². The monoisotopic (exact) mass is 425 g/mol. The number of hydrogen-bond donors (Lipinski definition) is 1. The number of nitrogens with one attached hydrogen (secondary N) is 1. The highest BCUT2D eigenvalue weighted by molar-refractivity contribution is 6.30. The third-order valence-electron chi connectivity index (χ3n) is 4.40. The van der Waals surface area contributed by atoms with Crippen molar-refractivity contribution < 1.29 is 14.3 Å². The van der Waals surface area contributed by atoms with Crippen LogP contribution >= 0.6 is 11.6 Å². The van der Waals surface area contributed by atoms with Gasteiger partial charge in [-0.1, -0.05) is 54.1 Å². The van der Waals surface area contributed by atoms with E-state index in [1.54, 1.807) is 30.3 Å². The summed E-state index contributed by atoms with van der Waals surface area (Å²) in [6.45, 7) is -0.331. The lowest BCUT2D eigenvalue weighted by molar-refractivity contribution is -0.145. The smallest absolute Gasteiger partial charge is 0.328 e. The van der Waals surface area contributed by atoms with Gasteiger partial charge in [0.1, 0.15) is 12.6 Å². The van der Waals surface area contributed by atoms with Gasteiger partial charge in [0.25, 0.3) is 5.56 Å². The predicted molar refractivity (Wildman–Crippen MR) is 113 cm³/mol. The third-order valence-corrected chi connectivity index (χ3v) is 4.66. The summed E-state index contributed by atoms with van der Waals surface area (Å²) in [6.07, 6.45) is 0.270. The number of rotatable bonds is 7. The van der Waals surface area contributed by atoms with Crippen LogP contribution < -0.4 is 10.9 Å². The minimum Gasteiger partial charge on any atom is -0.467 e. The van der Waals surface area contributed by atoms with Crippen molar-refractivity contribution in [1.82, 2.24) is 15.1 Å². The Labute approximate surface area is 178 Å². The Hall–Kier alpha value is -3.45. The van der Waals surface area contributed by atoms with Gasteiger partial charge in [-0.05, 0) is 23.8 Å². The highest BCUT2D eigenvalue weighted by Crippen LogP contribution is 2.18. The molecule has 1 heterocycles. The van der Waals surface area contributed by atoms with E-state index in [0.717, 1.165) is 15.8 Å². The molecule has 154 valence electrons. The molecule has 1 N–H and O–H groups in total. The van der Waals surface area contributed by atoms with Crippen molar-refractivity contribution in [2.24, 2.45) is 0 Å². The van der Waals surface area contributed by atoms with Gasteiger partial charge in [0.2, 0.25) is 5.91 Å². The van der Waals surface area contributed by atoms with Crippen molar-refractivity contribution in [3.63, 3.8) is 0 Å². The second kappa shape index (κ2) is 9.84. The Kier molecular flexibility index (Phi) is 6.98. The van der Waals surface area contributed by atoms with Gasteiger partial charge in [-0.25, -0.2) is 9.48 Å². The summed E-state index contributed by atoms with van der Waals surface area (Å²) in [7, 11) is 1.26. The highest BCUT2D eigenvalue weighted by atomic mass is 35.5. The van der Waals surface area contributed by atoms with Crippen molar-refractivity contribution in [3.8, 4) is 11.3 Å². The van der Waals surface area contributed by atoms with E-state index in [1.165, 1.54) is 13.2 Å². The second-order valence-corrected chi connectivity index (χ2v) is 6.99. The van der Waals surface area contributed by atoms with E-state index in [1.807, 2.05) is 30.3 Å². The van der Waals surface area contributed by atoms with Crippen LogP contribution in [-0.2, 0) is 27.3 Å². The molecule has 0 aliphatic carbocycles. The zero-order valence-corrected chi connectivity index (χ0v) is 17.0. The molecule has 1 aromatic heterocycles. The zero-order valence-electron chi connectivity index (χ0n) is 16.2. The maximum atomic E-state index is 12.5. The summed E-state index contributed by atoms with van der Waals surface area (Å²) >= 11 is 5.90. The maximum absolute atomic E-state index is 12.5. The van der Waals surface area contributed by atoms with Crippen LogP contribution in [0.5, 0.6) is 0 Å². The molecule has 0 saturated carbocycles. The van der Waals surface area contributed by atoms with Crippen molar-refractivity contribution >= 4 is 23.5 Å². The number of ether oxygens (including phenoxy) is 1. The lowest BCUT2D eigenvalue weighted by Gasteiger charge is -2.17. The number of amides is 1. The van der Waals surface area contributed by atoms with Crippen LogP contribution in [0.3, 0.4) is 0 Å². The fraction of sp³-hybridized carbons (Fsp3) is 0.182. The molecule has 3 rings (SSSR count). The topological polar surface area (TPSA) is 90.3 Å². The van der Waals surface area contributed by atoms with Gasteiger partial charge in [-0.3, -0.25) is 9.59 Å². The third kappa shape index (κ3) is 5.55. The molecular weight excluding hydrogens is 406 g/mol. The first-order valence-corrected chi connectivity index (χ1v) is 9.59. The predicted octanol–water partition coefficient (Wildman–Crippen LogP) is 2.46. The first-order chi connectivity index (χ1) is 14.5. The SMILES string of the molecule is COC(=O)C(Cc1ccccc1)NC(=O)Cn1nc(-c2ccc(Cl)cc2)ccc1=O. The summed E-state index contributed by atoms with van der Waals surface area (Å²) in [6, 6.07) is 18.3. The van der Waals surface area contributed by atoms with Gasteiger partial charge >= 0.3 is 5.97 Å². The molecule has 30 heavy (non-hydrogen) atoms. The van der Waals surface area contributed by atoms with Gasteiger partial charge in [0.15, 0.2) is 0 Å². The van der Waals surface area contributed by atoms with Crippen molar-refractivity contribution in [2.45, 2.75) is 19.0 Å². The Morgan fingerprint density at radius 3 is 2.43 bits per heavy atom. The van der Waals surface area contributed by atoms with Gasteiger partial charge in [-0.15, -0.1) is 0 Å². The second-order valence-electron chi connectivity index (χ2n) is 6.55. The molecule has 0 spiro atoms. The number of methoxy groups -OCH3 is 1. The fourth-order valence-corrected chi connectivity index (χ4v) is 3.02. The van der Waals surface area contributed by atoms with E-state index in [2.05, 4.69) is 10.4 Å². The highest BCUT2D eigenvalue weighted by Gasteiger charge is 2.22. The Balaban J connectivity index is 1.75. The minimum absolute atomic E-state index is 0.270. The molecule has 0 fully saturated rings. The Morgan fingerprint density at radius 2 is 1.77 bits per heavy atom. The first kappa shape index (κ1) is 21.3. The summed E-state index contributed by atoms with van der Waals surface area (Å²) in [4.78, 5) is 36.8. The molecular formula is C22H20ClN3O4. The van der Waals surface area contributed by atoms with Gasteiger partial charge < -0.3 is 10.1 Å². The molecule has 0 bridgehead atoms. The molecule has 0 radical (unpaired) electrons. The van der Waals surface area contributed by atoms with Crippen LogP contribution in [0, 0.1) is 0 Å². The molecule has 1 unspecified atom stereocenters. The van der Waals surface area contributed by atoms with Crippen LogP contribution in [0.2, 0.25) is 5.02 Å². The van der Waals surface area contributed by atoms with Crippen LogP contribution in [0.4, 0.5) is 0 Å². The van der Waals surface area contributed by atoms with E-state index in [0.29, 0.717) is 10.7 Å².